The highest BCUT2D eigenvalue weighted by Crippen LogP contribution is 2.29. The summed E-state index contributed by atoms with van der Waals surface area (Å²) in [5, 5.41) is 17.4. The Hall–Kier alpha value is -4.75. The maximum Gasteiger partial charge on any atom is 0.267 e. The van der Waals surface area contributed by atoms with Gasteiger partial charge in [0.05, 0.1) is 24.9 Å². The second-order valence-electron chi connectivity index (χ2n) is 19.0. The Morgan fingerprint density at radius 3 is 2.21 bits per heavy atom. The maximum absolute atomic E-state index is 14.9. The number of rotatable bonds is 15. The van der Waals surface area contributed by atoms with Crippen LogP contribution in [0, 0.1) is 22.7 Å². The van der Waals surface area contributed by atoms with Gasteiger partial charge in [0.2, 0.25) is 29.5 Å². The van der Waals surface area contributed by atoms with Crippen molar-refractivity contribution in [2.45, 2.75) is 131 Å². The number of carbonyl (C=O) groups is 6. The smallest absolute Gasteiger partial charge is 0.267 e. The zero-order valence-corrected chi connectivity index (χ0v) is 39.9. The number of amidine groups is 1. The van der Waals surface area contributed by atoms with E-state index in [-0.39, 0.29) is 43.0 Å². The topological polar surface area (TPSA) is 234 Å². The van der Waals surface area contributed by atoms with Crippen molar-refractivity contribution in [3.63, 3.8) is 0 Å². The lowest BCUT2D eigenvalue weighted by molar-refractivity contribution is -0.140. The molecule has 19 heteroatoms. The highest BCUT2D eigenvalue weighted by molar-refractivity contribution is 7.86. The molecule has 1 aromatic carbocycles. The molecule has 1 aromatic heterocycles. The first-order chi connectivity index (χ1) is 29.3. The fourth-order valence-corrected chi connectivity index (χ4v) is 9.07. The SMILES string of the molecule is COS(=O)(=O)CCC(=O)C[C@H](NC(=O)[C@@H](NC(=O)[C@@H](NC1=NCC(=O)N2CC[C@@H](C)[C@H]2C(=O)N[C@@H](C(C)C)C(=O)N[C@H]1C(C)(C)C)C(C)(C)C)C(C)c1ccccc1)c1nccs1. The van der Waals surface area contributed by atoms with E-state index in [0.717, 1.165) is 12.7 Å². The van der Waals surface area contributed by atoms with E-state index in [1.54, 1.807) is 12.3 Å². The number of thiazole rings is 1. The Kier molecular flexibility index (Phi) is 17.2. The van der Waals surface area contributed by atoms with Crippen molar-refractivity contribution in [2.24, 2.45) is 27.7 Å². The predicted octanol–water partition coefficient (Wildman–Crippen LogP) is 3.24. The summed E-state index contributed by atoms with van der Waals surface area (Å²) in [6.07, 6.45) is 1.52. The quantitative estimate of drug-likeness (QED) is 0.163. The molecule has 2 aliphatic rings. The molecule has 0 spiro atoms. The minimum absolute atomic E-state index is 0.147. The van der Waals surface area contributed by atoms with Gasteiger partial charge in [-0.05, 0) is 34.7 Å². The van der Waals surface area contributed by atoms with Crippen LogP contribution in [0.3, 0.4) is 0 Å². The van der Waals surface area contributed by atoms with E-state index < -0.39 is 98.3 Å². The predicted molar refractivity (Wildman–Crippen MR) is 241 cm³/mol. The van der Waals surface area contributed by atoms with Crippen LogP contribution in [0.4, 0.5) is 0 Å². The van der Waals surface area contributed by atoms with E-state index >= 15 is 0 Å². The molecule has 5 N–H and O–H groups in total. The number of amides is 5. The highest BCUT2D eigenvalue weighted by Gasteiger charge is 2.44. The zero-order valence-electron chi connectivity index (χ0n) is 38.3. The summed E-state index contributed by atoms with van der Waals surface area (Å²) >= 11 is 1.21. The van der Waals surface area contributed by atoms with Crippen molar-refractivity contribution in [1.82, 2.24) is 36.5 Å². The Labute approximate surface area is 375 Å². The maximum atomic E-state index is 14.9. The van der Waals surface area contributed by atoms with Gasteiger partial charge in [0.1, 0.15) is 47.3 Å². The molecule has 17 nitrogen and oxygen atoms in total. The lowest BCUT2D eigenvalue weighted by Crippen LogP contribution is -2.65. The van der Waals surface area contributed by atoms with Gasteiger partial charge in [0.25, 0.3) is 10.1 Å². The Morgan fingerprint density at radius 1 is 0.968 bits per heavy atom. The van der Waals surface area contributed by atoms with Crippen LogP contribution in [-0.4, -0.2) is 116 Å². The molecule has 348 valence electrons. The number of hydrogen-bond acceptors (Lipinski definition) is 13. The van der Waals surface area contributed by atoms with Crippen LogP contribution in [0.1, 0.15) is 111 Å². The third-order valence-corrected chi connectivity index (χ3v) is 13.7. The molecule has 63 heavy (non-hydrogen) atoms. The minimum Gasteiger partial charge on any atom is -0.360 e. The number of ketones is 1. The first-order valence-electron chi connectivity index (χ1n) is 21.4. The third kappa shape index (κ3) is 13.6. The number of carbonyl (C=O) groups excluding carboxylic acids is 6. The molecule has 2 aromatic rings. The van der Waals surface area contributed by atoms with Crippen LogP contribution in [0.2, 0.25) is 0 Å². The molecule has 2 aliphatic heterocycles. The number of nitrogens with zero attached hydrogens (tertiary/aromatic N) is 3. The lowest BCUT2D eigenvalue weighted by Gasteiger charge is -2.39. The van der Waals surface area contributed by atoms with Crippen LogP contribution >= 0.6 is 11.3 Å². The molecule has 1 saturated heterocycles. The molecule has 3 heterocycles. The summed E-state index contributed by atoms with van der Waals surface area (Å²) in [5.74, 6) is -4.29. The molecule has 0 bridgehead atoms. The summed E-state index contributed by atoms with van der Waals surface area (Å²) in [6.45, 7) is 18.5. The standard InChI is InChI=1S/C44H66N8O9S2/c1-25(2)32-38(55)51-35(43(5,6)7)37(46-24-31(54)52-20-17-26(3)34(52)40(57)48-32)50-36(44(8,9)10)41(58)49-33(27(4)28-15-13-12-14-16-28)39(56)47-30(42-45-19-21-62-42)23-29(53)18-22-63(59,60)61-11/h12-16,19,21,25-27,30,32-36H,17-18,20,22-24H2,1-11H3,(H,46,50)(H,47,56)(H,48,57)(H,49,58)(H,51,55)/t26-,27?,30+,32+,33+,34+,35-,36-/m1/s1. The van der Waals surface area contributed by atoms with Gasteiger partial charge in [-0.1, -0.05) is 99.6 Å². The average molecular weight is 915 g/mol. The largest absolute Gasteiger partial charge is 0.360 e. The summed E-state index contributed by atoms with van der Waals surface area (Å²) in [4.78, 5) is 95.0. The number of benzene rings is 1. The van der Waals surface area contributed by atoms with Crippen molar-refractivity contribution in [2.75, 3.05) is 26.0 Å². The number of aromatic nitrogens is 1. The fraction of sp³-hybridized carbons (Fsp3) is 0.636. The first kappa shape index (κ1) is 50.9. The van der Waals surface area contributed by atoms with Crippen LogP contribution in [-0.2, 0) is 43.1 Å². The molecule has 0 radical (unpaired) electrons. The summed E-state index contributed by atoms with van der Waals surface area (Å²) in [6, 6.07) is 3.30. The number of Topliss-reactive ketones (excluding diaryl/α,β-unsaturated/α-hetero) is 1. The number of fused-ring (bicyclic) bond motifs is 1. The van der Waals surface area contributed by atoms with Gasteiger partial charge in [0, 0.05) is 36.9 Å². The van der Waals surface area contributed by atoms with E-state index in [1.165, 1.54) is 22.4 Å². The monoisotopic (exact) mass is 914 g/mol. The molecular formula is C44H66N8O9S2. The molecule has 1 fully saturated rings. The molecule has 4 rings (SSSR count). The average Bonchev–Trinajstić information content (AvgIpc) is 3.89. The van der Waals surface area contributed by atoms with Crippen LogP contribution in [0.25, 0.3) is 0 Å². The molecule has 1 unspecified atom stereocenters. The molecule has 0 saturated carbocycles. The van der Waals surface area contributed by atoms with Crippen molar-refractivity contribution in [3.05, 3.63) is 52.5 Å². The van der Waals surface area contributed by atoms with Gasteiger partial charge in [-0.15, -0.1) is 11.3 Å². The Morgan fingerprint density at radius 2 is 1.63 bits per heavy atom. The van der Waals surface area contributed by atoms with Crippen molar-refractivity contribution < 1.29 is 41.4 Å². The van der Waals surface area contributed by atoms with Gasteiger partial charge in [-0.2, -0.15) is 8.42 Å². The van der Waals surface area contributed by atoms with Gasteiger partial charge in [0.15, 0.2) is 0 Å². The van der Waals surface area contributed by atoms with Crippen molar-refractivity contribution in [3.8, 4) is 0 Å². The molecule has 5 amide bonds. The van der Waals surface area contributed by atoms with Gasteiger partial charge in [-0.25, -0.2) is 4.98 Å². The van der Waals surface area contributed by atoms with Crippen LogP contribution in [0.15, 0.2) is 46.9 Å². The first-order valence-corrected chi connectivity index (χ1v) is 23.9. The van der Waals surface area contributed by atoms with E-state index in [9.17, 15) is 37.2 Å². The second kappa shape index (κ2) is 21.3. The lowest BCUT2D eigenvalue weighted by atomic mass is 9.82. The zero-order chi connectivity index (χ0) is 47.0. The van der Waals surface area contributed by atoms with E-state index in [4.69, 9.17) is 4.99 Å². The van der Waals surface area contributed by atoms with Gasteiger partial charge >= 0.3 is 0 Å². The van der Waals surface area contributed by atoms with E-state index in [1.807, 2.05) is 92.6 Å². The normalized spacial score (nSPS) is 22.3. The van der Waals surface area contributed by atoms with Crippen molar-refractivity contribution >= 4 is 62.6 Å². The fourth-order valence-electron chi connectivity index (χ4n) is 7.74. The summed E-state index contributed by atoms with van der Waals surface area (Å²) < 4.78 is 28.4. The summed E-state index contributed by atoms with van der Waals surface area (Å²) in [5.41, 5.74) is -0.847. The van der Waals surface area contributed by atoms with Gasteiger partial charge in [-0.3, -0.25) is 37.9 Å². The number of hydrogen-bond donors (Lipinski definition) is 5. The second-order valence-corrected chi connectivity index (χ2v) is 21.8. The third-order valence-electron chi connectivity index (χ3n) is 11.6. The molecular weight excluding hydrogens is 849 g/mol. The van der Waals surface area contributed by atoms with Crippen LogP contribution < -0.4 is 26.6 Å². The number of nitrogens with one attached hydrogen (secondary N) is 5. The van der Waals surface area contributed by atoms with Gasteiger partial charge < -0.3 is 31.5 Å². The molecule has 0 aliphatic carbocycles. The molecule has 8 atom stereocenters. The number of aliphatic imine (C=N–C) groups is 1. The van der Waals surface area contributed by atoms with Crippen LogP contribution in [0.5, 0.6) is 0 Å². The summed E-state index contributed by atoms with van der Waals surface area (Å²) in [7, 11) is -2.89. The highest BCUT2D eigenvalue weighted by atomic mass is 32.2. The van der Waals surface area contributed by atoms with E-state index in [2.05, 4.69) is 35.8 Å². The van der Waals surface area contributed by atoms with E-state index in [0.29, 0.717) is 18.0 Å². The Bertz CT molecular complexity index is 2080. The minimum atomic E-state index is -3.91. The Balaban J connectivity index is 1.74. The van der Waals surface area contributed by atoms with Crippen molar-refractivity contribution in [1.29, 1.82) is 0 Å².